The minimum Gasteiger partial charge on any atom is -0.323 e. The zero-order valence-electron chi connectivity index (χ0n) is 9.34. The summed E-state index contributed by atoms with van der Waals surface area (Å²) in [6, 6.07) is 2.67. The van der Waals surface area contributed by atoms with Gasteiger partial charge in [0.05, 0.1) is 6.54 Å². The van der Waals surface area contributed by atoms with Crippen molar-refractivity contribution in [3.05, 3.63) is 35.4 Å². The van der Waals surface area contributed by atoms with Gasteiger partial charge in [-0.3, -0.25) is 4.90 Å². The fourth-order valence-electron chi connectivity index (χ4n) is 1.49. The lowest BCUT2D eigenvalue weighted by Crippen LogP contribution is -2.32. The molecule has 96 valence electrons. The molecule has 1 aromatic rings. The summed E-state index contributed by atoms with van der Waals surface area (Å²) in [7, 11) is 1.49. The summed E-state index contributed by atoms with van der Waals surface area (Å²) in [5.41, 5.74) is 6.09. The summed E-state index contributed by atoms with van der Waals surface area (Å²) in [5, 5.41) is 0. The molecule has 0 saturated carbocycles. The number of nitrogens with two attached hydrogens (primary N) is 1. The van der Waals surface area contributed by atoms with Crippen molar-refractivity contribution >= 4 is 0 Å². The van der Waals surface area contributed by atoms with Crippen molar-refractivity contribution in [3.63, 3.8) is 0 Å². The molecule has 1 unspecified atom stereocenters. The van der Waals surface area contributed by atoms with Crippen molar-refractivity contribution in [1.82, 2.24) is 4.90 Å². The number of likely N-dealkylation sites (N-methyl/N-ethyl adjacent to an activating group) is 1. The quantitative estimate of drug-likeness (QED) is 0.811. The van der Waals surface area contributed by atoms with E-state index in [0.717, 1.165) is 12.1 Å². The first kappa shape index (κ1) is 13.9. The number of rotatable bonds is 5. The van der Waals surface area contributed by atoms with Crippen molar-refractivity contribution in [1.29, 1.82) is 0 Å². The molecule has 2 nitrogen and oxygen atoms in total. The fraction of sp³-hybridized carbons (Fsp3) is 0.455. The largest absolute Gasteiger partial charge is 0.323 e. The van der Waals surface area contributed by atoms with Gasteiger partial charge in [0.1, 0.15) is 0 Å². The van der Waals surface area contributed by atoms with Crippen LogP contribution >= 0.6 is 0 Å². The van der Waals surface area contributed by atoms with Crippen molar-refractivity contribution < 1.29 is 17.6 Å². The molecule has 1 rings (SSSR count). The molecule has 0 saturated heterocycles. The minimum absolute atomic E-state index is 0.148. The Hall–Kier alpha value is -1.14. The van der Waals surface area contributed by atoms with Crippen molar-refractivity contribution in [2.24, 2.45) is 5.73 Å². The molecule has 0 aliphatic rings. The minimum atomic E-state index is -2.45. The predicted octanol–water partition coefficient (Wildman–Crippen LogP) is 2.16. The van der Waals surface area contributed by atoms with Crippen LogP contribution in [0, 0.1) is 11.6 Å². The highest BCUT2D eigenvalue weighted by Gasteiger charge is 2.14. The molecule has 0 aliphatic carbocycles. The van der Waals surface area contributed by atoms with Crippen LogP contribution in [0.2, 0.25) is 0 Å². The maximum Gasteiger partial charge on any atom is 0.251 e. The van der Waals surface area contributed by atoms with Gasteiger partial charge < -0.3 is 5.73 Å². The van der Waals surface area contributed by atoms with Crippen LogP contribution in [0.15, 0.2) is 18.2 Å². The van der Waals surface area contributed by atoms with Crippen LogP contribution < -0.4 is 5.73 Å². The monoisotopic (exact) mass is 250 g/mol. The number of halogens is 4. The number of alkyl halides is 2. The highest BCUT2D eigenvalue weighted by Crippen LogP contribution is 2.15. The molecule has 6 heteroatoms. The first-order valence-electron chi connectivity index (χ1n) is 5.07. The smallest absolute Gasteiger partial charge is 0.251 e. The van der Waals surface area contributed by atoms with E-state index < -0.39 is 30.6 Å². The number of nitrogens with zero attached hydrogens (tertiary/aromatic N) is 1. The van der Waals surface area contributed by atoms with E-state index in [1.165, 1.54) is 18.0 Å². The van der Waals surface area contributed by atoms with E-state index in [-0.39, 0.29) is 6.54 Å². The molecular formula is C11H14F4N2. The molecule has 1 aromatic carbocycles. The molecule has 0 fully saturated rings. The van der Waals surface area contributed by atoms with Gasteiger partial charge in [-0.1, -0.05) is 6.07 Å². The second-order valence-corrected chi connectivity index (χ2v) is 3.89. The summed E-state index contributed by atoms with van der Waals surface area (Å²) in [5.74, 6) is -1.95. The predicted molar refractivity (Wildman–Crippen MR) is 56.8 cm³/mol. The van der Waals surface area contributed by atoms with Gasteiger partial charge in [0.25, 0.3) is 6.43 Å². The lowest BCUT2D eigenvalue weighted by atomic mass is 10.1. The van der Waals surface area contributed by atoms with Crippen LogP contribution in [0.5, 0.6) is 0 Å². The summed E-state index contributed by atoms with van der Waals surface area (Å²) in [6.45, 7) is -0.257. The van der Waals surface area contributed by atoms with Gasteiger partial charge in [0.15, 0.2) is 11.6 Å². The Morgan fingerprint density at radius 2 is 1.82 bits per heavy atom. The molecule has 0 amide bonds. The highest BCUT2D eigenvalue weighted by atomic mass is 19.3. The van der Waals surface area contributed by atoms with Crippen LogP contribution in [0.3, 0.4) is 0 Å². The third-order valence-corrected chi connectivity index (χ3v) is 2.33. The average molecular weight is 250 g/mol. The standard InChI is InChI=1S/C11H14F4N2/c1-17(6-11(14)15)5-10(16)7-2-3-8(12)9(13)4-7/h2-4,10-11H,5-6,16H2,1H3. The average Bonchev–Trinajstić information content (AvgIpc) is 2.20. The number of hydrogen-bond donors (Lipinski definition) is 1. The summed E-state index contributed by atoms with van der Waals surface area (Å²) >= 11 is 0. The van der Waals surface area contributed by atoms with Crippen LogP contribution in [0.1, 0.15) is 11.6 Å². The fourth-order valence-corrected chi connectivity index (χ4v) is 1.49. The maximum atomic E-state index is 12.9. The Morgan fingerprint density at radius 3 is 2.35 bits per heavy atom. The molecule has 0 bridgehead atoms. The van der Waals surface area contributed by atoms with Gasteiger partial charge in [-0.2, -0.15) is 0 Å². The van der Waals surface area contributed by atoms with E-state index in [1.54, 1.807) is 0 Å². The van der Waals surface area contributed by atoms with Crippen LogP contribution in [-0.4, -0.2) is 31.5 Å². The molecule has 0 heterocycles. The maximum absolute atomic E-state index is 12.9. The molecule has 0 aromatic heterocycles. The Kier molecular flexibility index (Phi) is 4.89. The van der Waals surface area contributed by atoms with E-state index in [9.17, 15) is 17.6 Å². The third-order valence-electron chi connectivity index (χ3n) is 2.33. The highest BCUT2D eigenvalue weighted by molar-refractivity contribution is 5.21. The van der Waals surface area contributed by atoms with Crippen molar-refractivity contribution in [3.8, 4) is 0 Å². The van der Waals surface area contributed by atoms with E-state index in [1.807, 2.05) is 0 Å². The van der Waals surface area contributed by atoms with E-state index in [2.05, 4.69) is 0 Å². The van der Waals surface area contributed by atoms with Gasteiger partial charge in [-0.05, 0) is 24.7 Å². The lowest BCUT2D eigenvalue weighted by Gasteiger charge is -2.21. The van der Waals surface area contributed by atoms with Gasteiger partial charge >= 0.3 is 0 Å². The van der Waals surface area contributed by atoms with Gasteiger partial charge in [-0.25, -0.2) is 17.6 Å². The molecule has 17 heavy (non-hydrogen) atoms. The van der Waals surface area contributed by atoms with Crippen LogP contribution in [-0.2, 0) is 0 Å². The Balaban J connectivity index is 2.63. The number of hydrogen-bond acceptors (Lipinski definition) is 2. The molecule has 1 atom stereocenters. The first-order valence-corrected chi connectivity index (χ1v) is 5.07. The van der Waals surface area contributed by atoms with E-state index in [4.69, 9.17) is 5.73 Å². The summed E-state index contributed by atoms with van der Waals surface area (Å²) in [4.78, 5) is 1.34. The first-order chi connectivity index (χ1) is 7.90. The lowest BCUT2D eigenvalue weighted by molar-refractivity contribution is 0.0978. The van der Waals surface area contributed by atoms with Gasteiger partial charge in [0, 0.05) is 12.6 Å². The van der Waals surface area contributed by atoms with E-state index >= 15 is 0 Å². The third kappa shape index (κ3) is 4.32. The molecule has 2 N–H and O–H groups in total. The molecule has 0 aliphatic heterocycles. The Bertz CT molecular complexity index is 370. The van der Waals surface area contributed by atoms with Gasteiger partial charge in [-0.15, -0.1) is 0 Å². The van der Waals surface area contributed by atoms with Crippen molar-refractivity contribution in [2.75, 3.05) is 20.1 Å². The normalized spacial score (nSPS) is 13.4. The second kappa shape index (κ2) is 5.97. The number of benzene rings is 1. The van der Waals surface area contributed by atoms with Gasteiger partial charge in [0.2, 0.25) is 0 Å². The zero-order valence-corrected chi connectivity index (χ0v) is 9.34. The zero-order chi connectivity index (χ0) is 13.0. The molecular weight excluding hydrogens is 236 g/mol. The Morgan fingerprint density at radius 1 is 1.18 bits per heavy atom. The van der Waals surface area contributed by atoms with Crippen LogP contribution in [0.4, 0.5) is 17.6 Å². The SMILES string of the molecule is CN(CC(F)F)CC(N)c1ccc(F)c(F)c1. The Labute approximate surface area is 97.0 Å². The summed E-state index contributed by atoms with van der Waals surface area (Å²) in [6.07, 6.45) is -2.45. The topological polar surface area (TPSA) is 29.3 Å². The van der Waals surface area contributed by atoms with E-state index in [0.29, 0.717) is 5.56 Å². The van der Waals surface area contributed by atoms with Crippen molar-refractivity contribution in [2.45, 2.75) is 12.5 Å². The summed E-state index contributed by atoms with van der Waals surface area (Å²) < 4.78 is 49.7. The molecule has 0 spiro atoms. The second-order valence-electron chi connectivity index (χ2n) is 3.89. The van der Waals surface area contributed by atoms with Crippen LogP contribution in [0.25, 0.3) is 0 Å². The molecule has 0 radical (unpaired) electrons.